The molecule has 0 saturated carbocycles. The summed E-state index contributed by atoms with van der Waals surface area (Å²) in [6.45, 7) is 8.08. The molecule has 1 unspecified atom stereocenters. The maximum atomic E-state index is 13.3. The van der Waals surface area contributed by atoms with Gasteiger partial charge >= 0.3 is 0 Å². The summed E-state index contributed by atoms with van der Waals surface area (Å²) in [5.74, 6) is -0.433. The van der Waals surface area contributed by atoms with Gasteiger partial charge in [0, 0.05) is 30.0 Å². The number of ketones is 1. The SMILES string of the molecule is Cc1ccc(C)c(/C(O)=C2/C(=O)C(=O)N(c3ccc(N4CCC(C)CC4)cc3)C2c2ccco2)c1. The number of rotatable bonds is 4. The molecule has 1 N–H and O–H groups in total. The van der Waals surface area contributed by atoms with Gasteiger partial charge in [0.2, 0.25) is 0 Å². The Morgan fingerprint density at radius 2 is 1.66 bits per heavy atom. The van der Waals surface area contributed by atoms with E-state index in [9.17, 15) is 14.7 Å². The van der Waals surface area contributed by atoms with Gasteiger partial charge in [-0.25, -0.2) is 0 Å². The molecular weight excluding hydrogens is 440 g/mol. The second kappa shape index (κ2) is 9.10. The van der Waals surface area contributed by atoms with Crippen LogP contribution in [0.4, 0.5) is 11.4 Å². The van der Waals surface area contributed by atoms with E-state index in [1.165, 1.54) is 11.2 Å². The van der Waals surface area contributed by atoms with Crippen LogP contribution in [-0.2, 0) is 9.59 Å². The molecule has 0 radical (unpaired) electrons. The number of hydrogen-bond acceptors (Lipinski definition) is 5. The van der Waals surface area contributed by atoms with Crippen molar-refractivity contribution in [2.24, 2.45) is 5.92 Å². The highest BCUT2D eigenvalue weighted by atomic mass is 16.3. The first-order valence-electron chi connectivity index (χ1n) is 12.1. The minimum absolute atomic E-state index is 0.0349. The third-order valence-electron chi connectivity index (χ3n) is 7.18. The minimum atomic E-state index is -0.855. The normalized spacial score (nSPS) is 20.6. The average Bonchev–Trinajstić information content (AvgIpc) is 3.48. The maximum absolute atomic E-state index is 13.3. The maximum Gasteiger partial charge on any atom is 0.300 e. The summed E-state index contributed by atoms with van der Waals surface area (Å²) in [5.41, 5.74) is 4.02. The Kier molecular flexibility index (Phi) is 5.97. The number of piperidine rings is 1. The predicted molar refractivity (Wildman–Crippen MR) is 136 cm³/mol. The number of carbonyl (C=O) groups excluding carboxylic acids is 2. The fraction of sp³-hybridized carbons (Fsp3) is 0.310. The van der Waals surface area contributed by atoms with E-state index in [0.29, 0.717) is 17.0 Å². The lowest BCUT2D eigenvalue weighted by molar-refractivity contribution is -0.132. The third kappa shape index (κ3) is 4.14. The van der Waals surface area contributed by atoms with Crippen LogP contribution < -0.4 is 9.80 Å². The van der Waals surface area contributed by atoms with E-state index in [1.807, 2.05) is 56.3 Å². The van der Waals surface area contributed by atoms with Crippen molar-refractivity contribution in [2.75, 3.05) is 22.9 Å². The first-order valence-corrected chi connectivity index (χ1v) is 12.1. The number of hydrogen-bond donors (Lipinski definition) is 1. The van der Waals surface area contributed by atoms with Crippen LogP contribution in [-0.4, -0.2) is 29.9 Å². The zero-order chi connectivity index (χ0) is 24.7. The van der Waals surface area contributed by atoms with E-state index in [-0.39, 0.29) is 11.3 Å². The minimum Gasteiger partial charge on any atom is -0.507 e. The quantitative estimate of drug-likeness (QED) is 0.298. The molecule has 35 heavy (non-hydrogen) atoms. The number of aliphatic hydroxyl groups is 1. The number of nitrogens with zero attached hydrogens (tertiary/aromatic N) is 2. The summed E-state index contributed by atoms with van der Waals surface area (Å²) in [4.78, 5) is 30.4. The first-order chi connectivity index (χ1) is 16.8. The van der Waals surface area contributed by atoms with Crippen LogP contribution >= 0.6 is 0 Å². The third-order valence-corrected chi connectivity index (χ3v) is 7.18. The van der Waals surface area contributed by atoms with Gasteiger partial charge in [0.25, 0.3) is 11.7 Å². The van der Waals surface area contributed by atoms with Gasteiger partial charge in [-0.1, -0.05) is 24.6 Å². The molecule has 2 fully saturated rings. The number of benzene rings is 2. The molecule has 2 aromatic carbocycles. The van der Waals surface area contributed by atoms with Crippen molar-refractivity contribution in [1.82, 2.24) is 0 Å². The summed E-state index contributed by atoms with van der Waals surface area (Å²) in [7, 11) is 0. The highest BCUT2D eigenvalue weighted by Gasteiger charge is 2.48. The van der Waals surface area contributed by atoms with Gasteiger partial charge in [-0.15, -0.1) is 0 Å². The van der Waals surface area contributed by atoms with E-state index in [0.717, 1.165) is 48.7 Å². The largest absolute Gasteiger partial charge is 0.507 e. The smallest absolute Gasteiger partial charge is 0.300 e. The molecule has 180 valence electrons. The van der Waals surface area contributed by atoms with Crippen molar-refractivity contribution < 1.29 is 19.1 Å². The Labute approximate surface area is 205 Å². The van der Waals surface area contributed by atoms with Crippen molar-refractivity contribution >= 4 is 28.8 Å². The fourth-order valence-corrected chi connectivity index (χ4v) is 5.04. The second-order valence-electron chi connectivity index (χ2n) is 9.69. The number of furan rings is 1. The monoisotopic (exact) mass is 470 g/mol. The van der Waals surface area contributed by atoms with Gasteiger partial charge in [0.1, 0.15) is 17.6 Å². The average molecular weight is 471 g/mol. The van der Waals surface area contributed by atoms with Gasteiger partial charge in [0.15, 0.2) is 0 Å². The first kappa shape index (κ1) is 23.0. The molecule has 1 amide bonds. The highest BCUT2D eigenvalue weighted by molar-refractivity contribution is 6.51. The lowest BCUT2D eigenvalue weighted by Gasteiger charge is -2.32. The number of Topliss-reactive ketones (excluding diaryl/α,β-unsaturated/α-hetero) is 1. The zero-order valence-electron chi connectivity index (χ0n) is 20.3. The molecule has 6 nitrogen and oxygen atoms in total. The molecule has 3 aromatic rings. The van der Waals surface area contributed by atoms with Crippen LogP contribution in [0.3, 0.4) is 0 Å². The molecule has 0 spiro atoms. The van der Waals surface area contributed by atoms with Crippen LogP contribution in [0.25, 0.3) is 5.76 Å². The molecule has 1 atom stereocenters. The molecule has 2 aliphatic heterocycles. The Morgan fingerprint density at radius 3 is 2.31 bits per heavy atom. The standard InChI is InChI=1S/C29H30N2O4/c1-18-12-14-30(15-13-18)21-8-10-22(11-9-21)31-26(24-5-4-16-35-24)25(28(33)29(31)34)27(32)23-17-19(2)6-7-20(23)3/h4-11,16-18,26,32H,12-15H2,1-3H3/b27-25-. The van der Waals surface area contributed by atoms with Crippen molar-refractivity contribution in [2.45, 2.75) is 39.7 Å². The van der Waals surface area contributed by atoms with E-state index in [2.05, 4.69) is 11.8 Å². The lowest BCUT2D eigenvalue weighted by Crippen LogP contribution is -2.33. The van der Waals surface area contributed by atoms with Crippen molar-refractivity contribution in [3.63, 3.8) is 0 Å². The van der Waals surface area contributed by atoms with Crippen LogP contribution in [0.5, 0.6) is 0 Å². The highest BCUT2D eigenvalue weighted by Crippen LogP contribution is 2.43. The summed E-state index contributed by atoms with van der Waals surface area (Å²) in [6, 6.07) is 16.0. The molecule has 0 bridgehead atoms. The van der Waals surface area contributed by atoms with Gasteiger partial charge in [-0.05, 0) is 80.6 Å². The Morgan fingerprint density at radius 1 is 0.971 bits per heavy atom. The van der Waals surface area contributed by atoms with Crippen molar-refractivity contribution in [1.29, 1.82) is 0 Å². The second-order valence-corrected chi connectivity index (χ2v) is 9.69. The lowest BCUT2D eigenvalue weighted by atomic mass is 9.96. The van der Waals surface area contributed by atoms with Gasteiger partial charge in [-0.2, -0.15) is 0 Å². The molecule has 0 aliphatic carbocycles. The van der Waals surface area contributed by atoms with Gasteiger partial charge in [0.05, 0.1) is 11.8 Å². The number of aryl methyl sites for hydroxylation is 2. The van der Waals surface area contributed by atoms with E-state index in [1.54, 1.807) is 12.1 Å². The van der Waals surface area contributed by atoms with E-state index in [4.69, 9.17) is 4.42 Å². The fourth-order valence-electron chi connectivity index (χ4n) is 5.04. The van der Waals surface area contributed by atoms with Gasteiger partial charge in [-0.3, -0.25) is 14.5 Å². The van der Waals surface area contributed by atoms with Crippen molar-refractivity contribution in [3.8, 4) is 0 Å². The summed E-state index contributed by atoms with van der Waals surface area (Å²) in [5, 5.41) is 11.3. The van der Waals surface area contributed by atoms with E-state index < -0.39 is 17.7 Å². The van der Waals surface area contributed by atoms with Crippen LogP contribution in [0.1, 0.15) is 48.3 Å². The Hall–Kier alpha value is -3.80. The number of anilines is 2. The number of carbonyl (C=O) groups is 2. The van der Waals surface area contributed by atoms with Crippen LogP contribution in [0, 0.1) is 19.8 Å². The zero-order valence-corrected chi connectivity index (χ0v) is 20.3. The molecule has 2 saturated heterocycles. The summed E-state index contributed by atoms with van der Waals surface area (Å²) < 4.78 is 5.67. The number of amides is 1. The molecule has 6 heteroatoms. The Bertz CT molecular complexity index is 1280. The Balaban J connectivity index is 1.57. The van der Waals surface area contributed by atoms with E-state index >= 15 is 0 Å². The predicted octanol–water partition coefficient (Wildman–Crippen LogP) is 5.76. The van der Waals surface area contributed by atoms with Crippen molar-refractivity contribution in [3.05, 3.63) is 88.9 Å². The van der Waals surface area contributed by atoms with Gasteiger partial charge < -0.3 is 14.4 Å². The summed E-state index contributed by atoms with van der Waals surface area (Å²) in [6.07, 6.45) is 3.83. The van der Waals surface area contributed by atoms with Crippen LogP contribution in [0.2, 0.25) is 0 Å². The molecule has 5 rings (SSSR count). The summed E-state index contributed by atoms with van der Waals surface area (Å²) >= 11 is 0. The molecular formula is C29H30N2O4. The molecule has 3 heterocycles. The van der Waals surface area contributed by atoms with Crippen LogP contribution in [0.15, 0.2) is 70.9 Å². The molecule has 1 aromatic heterocycles. The topological polar surface area (TPSA) is 74.0 Å². The molecule has 2 aliphatic rings. The number of aliphatic hydroxyl groups excluding tert-OH is 1.